The van der Waals surface area contributed by atoms with Crippen LogP contribution in [0.5, 0.6) is 0 Å². The summed E-state index contributed by atoms with van der Waals surface area (Å²) in [6, 6.07) is 21.4. The van der Waals surface area contributed by atoms with Crippen LogP contribution >= 0.6 is 28.1 Å². The Kier molecular flexibility index (Phi) is 4.95. The number of rotatable bonds is 3. The first-order valence-corrected chi connectivity index (χ1v) is 8.14. The topological polar surface area (TPSA) is 49.8 Å². The van der Waals surface area contributed by atoms with Gasteiger partial charge in [0.05, 0.1) is 11.4 Å². The number of aromatic nitrogens is 2. The van der Waals surface area contributed by atoms with E-state index >= 15 is 0 Å². The van der Waals surface area contributed by atoms with Gasteiger partial charge in [-0.05, 0) is 52.4 Å². The van der Waals surface area contributed by atoms with Gasteiger partial charge in [-0.25, -0.2) is 0 Å². The monoisotopic (exact) mass is 384 g/mol. The molecule has 3 aromatic rings. The van der Waals surface area contributed by atoms with E-state index in [1.54, 1.807) is 0 Å². The number of halogens is 1. The van der Waals surface area contributed by atoms with E-state index in [0.29, 0.717) is 10.9 Å². The molecule has 0 saturated heterocycles. The van der Waals surface area contributed by atoms with Crippen LogP contribution in [0, 0.1) is 0 Å². The van der Waals surface area contributed by atoms with Gasteiger partial charge < -0.3 is 10.6 Å². The summed E-state index contributed by atoms with van der Waals surface area (Å²) in [7, 11) is 0. The molecule has 2 aromatic carbocycles. The lowest BCUT2D eigenvalue weighted by Gasteiger charge is -2.11. The second kappa shape index (κ2) is 7.30. The number of para-hydroxylation sites is 1. The maximum absolute atomic E-state index is 5.29. The Bertz CT molecular complexity index is 806. The smallest absolute Gasteiger partial charge is 0.176 e. The molecule has 0 aliphatic rings. The first-order chi connectivity index (χ1) is 11.2. The van der Waals surface area contributed by atoms with Crippen molar-refractivity contribution < 1.29 is 0 Å². The third-order valence-electron chi connectivity index (χ3n) is 3.10. The molecule has 0 saturated carbocycles. The molecule has 0 amide bonds. The fraction of sp³-hybridized carbons (Fsp3) is 0. The van der Waals surface area contributed by atoms with E-state index in [9.17, 15) is 0 Å². The highest BCUT2D eigenvalue weighted by molar-refractivity contribution is 9.10. The Morgan fingerprint density at radius 2 is 1.57 bits per heavy atom. The average Bonchev–Trinajstić information content (AvgIpc) is 2.58. The molecule has 0 fully saturated rings. The zero-order chi connectivity index (χ0) is 16.1. The Balaban J connectivity index is 1.66. The fourth-order valence-electron chi connectivity index (χ4n) is 1.99. The number of thiocarbonyl (C=S) groups is 1. The van der Waals surface area contributed by atoms with Crippen molar-refractivity contribution in [2.75, 3.05) is 10.6 Å². The summed E-state index contributed by atoms with van der Waals surface area (Å²) in [6.45, 7) is 0. The minimum Gasteiger partial charge on any atom is -0.331 e. The van der Waals surface area contributed by atoms with Gasteiger partial charge in [-0.1, -0.05) is 42.5 Å². The van der Waals surface area contributed by atoms with Crippen molar-refractivity contribution in [1.82, 2.24) is 10.2 Å². The lowest BCUT2D eigenvalue weighted by Crippen LogP contribution is -2.20. The van der Waals surface area contributed by atoms with Crippen LogP contribution < -0.4 is 10.6 Å². The summed E-state index contributed by atoms with van der Waals surface area (Å²) in [5, 5.41) is 15.0. The zero-order valence-corrected chi connectivity index (χ0v) is 14.4. The van der Waals surface area contributed by atoms with Crippen molar-refractivity contribution in [3.8, 4) is 11.3 Å². The highest BCUT2D eigenvalue weighted by Gasteiger charge is 2.04. The van der Waals surface area contributed by atoms with E-state index in [-0.39, 0.29) is 0 Å². The van der Waals surface area contributed by atoms with Crippen molar-refractivity contribution in [2.45, 2.75) is 0 Å². The molecular weight excluding hydrogens is 372 g/mol. The number of anilines is 2. The van der Waals surface area contributed by atoms with Gasteiger partial charge in [0.1, 0.15) is 0 Å². The van der Waals surface area contributed by atoms with Gasteiger partial charge in [-0.15, -0.1) is 10.2 Å². The number of benzene rings is 2. The van der Waals surface area contributed by atoms with Crippen LogP contribution in [0.3, 0.4) is 0 Å². The van der Waals surface area contributed by atoms with E-state index < -0.39 is 0 Å². The van der Waals surface area contributed by atoms with Gasteiger partial charge in [-0.2, -0.15) is 0 Å². The van der Waals surface area contributed by atoms with Crippen molar-refractivity contribution in [3.05, 3.63) is 71.2 Å². The standard InChI is InChI=1S/C17H13BrN4S/c18-13-8-4-5-9-15(13)19-17(23)20-16-11-10-14(21-22-16)12-6-2-1-3-7-12/h1-11H,(H2,19,20,22,23). The lowest BCUT2D eigenvalue weighted by atomic mass is 10.1. The van der Waals surface area contributed by atoms with Crippen molar-refractivity contribution in [1.29, 1.82) is 0 Å². The molecule has 0 bridgehead atoms. The zero-order valence-electron chi connectivity index (χ0n) is 12.0. The van der Waals surface area contributed by atoms with Crippen molar-refractivity contribution in [2.24, 2.45) is 0 Å². The van der Waals surface area contributed by atoms with E-state index in [4.69, 9.17) is 12.2 Å². The summed E-state index contributed by atoms with van der Waals surface area (Å²) in [5.41, 5.74) is 2.74. The molecule has 2 N–H and O–H groups in total. The minimum atomic E-state index is 0.457. The molecule has 0 spiro atoms. The molecule has 3 rings (SSSR count). The molecule has 23 heavy (non-hydrogen) atoms. The number of nitrogens with one attached hydrogen (secondary N) is 2. The normalized spacial score (nSPS) is 10.1. The molecular formula is C17H13BrN4S. The average molecular weight is 385 g/mol. The molecule has 0 unspecified atom stereocenters. The summed E-state index contributed by atoms with van der Waals surface area (Å²) in [4.78, 5) is 0. The second-order valence-corrected chi connectivity index (χ2v) is 5.99. The Morgan fingerprint density at radius 3 is 2.26 bits per heavy atom. The van der Waals surface area contributed by atoms with Crippen LogP contribution in [0.4, 0.5) is 11.5 Å². The molecule has 0 aliphatic carbocycles. The van der Waals surface area contributed by atoms with Gasteiger partial charge in [0.15, 0.2) is 10.9 Å². The van der Waals surface area contributed by atoms with Crippen LogP contribution in [0.1, 0.15) is 0 Å². The largest absolute Gasteiger partial charge is 0.331 e. The molecule has 0 radical (unpaired) electrons. The van der Waals surface area contributed by atoms with E-state index in [1.165, 1.54) is 0 Å². The Labute approximate surface area is 148 Å². The number of hydrogen-bond donors (Lipinski definition) is 2. The quantitative estimate of drug-likeness (QED) is 0.640. The van der Waals surface area contributed by atoms with Gasteiger partial charge in [0.2, 0.25) is 0 Å². The molecule has 0 atom stereocenters. The van der Waals surface area contributed by atoms with Crippen LogP contribution in [-0.4, -0.2) is 15.3 Å². The highest BCUT2D eigenvalue weighted by Crippen LogP contribution is 2.21. The van der Waals surface area contributed by atoms with E-state index in [0.717, 1.165) is 21.4 Å². The Hall–Kier alpha value is -2.31. The molecule has 114 valence electrons. The van der Waals surface area contributed by atoms with E-state index in [1.807, 2.05) is 66.7 Å². The SMILES string of the molecule is S=C(Nc1ccc(-c2ccccc2)nn1)Nc1ccccc1Br. The fourth-order valence-corrected chi connectivity index (χ4v) is 2.59. The second-order valence-electron chi connectivity index (χ2n) is 4.73. The third kappa shape index (κ3) is 4.12. The lowest BCUT2D eigenvalue weighted by molar-refractivity contribution is 1.05. The van der Waals surface area contributed by atoms with Crippen molar-refractivity contribution >= 4 is 44.8 Å². The highest BCUT2D eigenvalue weighted by atomic mass is 79.9. The van der Waals surface area contributed by atoms with Gasteiger partial charge in [-0.3, -0.25) is 0 Å². The predicted molar refractivity (Wildman–Crippen MR) is 101 cm³/mol. The summed E-state index contributed by atoms with van der Waals surface area (Å²) >= 11 is 8.76. The van der Waals surface area contributed by atoms with Gasteiger partial charge in [0.25, 0.3) is 0 Å². The summed E-state index contributed by atoms with van der Waals surface area (Å²) < 4.78 is 0.939. The maximum Gasteiger partial charge on any atom is 0.176 e. The maximum atomic E-state index is 5.29. The van der Waals surface area contributed by atoms with E-state index in [2.05, 4.69) is 36.8 Å². The molecule has 4 nitrogen and oxygen atoms in total. The van der Waals surface area contributed by atoms with Crippen LogP contribution in [0.2, 0.25) is 0 Å². The third-order valence-corrected chi connectivity index (χ3v) is 3.99. The first-order valence-electron chi connectivity index (χ1n) is 6.94. The van der Waals surface area contributed by atoms with Crippen molar-refractivity contribution in [3.63, 3.8) is 0 Å². The number of hydrogen-bond acceptors (Lipinski definition) is 3. The number of nitrogens with zero attached hydrogens (tertiary/aromatic N) is 2. The van der Waals surface area contributed by atoms with Crippen LogP contribution in [0.15, 0.2) is 71.2 Å². The van der Waals surface area contributed by atoms with Gasteiger partial charge in [0, 0.05) is 10.0 Å². The molecule has 0 aliphatic heterocycles. The first kappa shape index (κ1) is 15.6. The predicted octanol–water partition coefficient (Wildman–Crippen LogP) is 4.72. The Morgan fingerprint density at radius 1 is 0.826 bits per heavy atom. The van der Waals surface area contributed by atoms with Gasteiger partial charge >= 0.3 is 0 Å². The molecule has 6 heteroatoms. The van der Waals surface area contributed by atoms with Crippen LogP contribution in [-0.2, 0) is 0 Å². The molecule has 1 aromatic heterocycles. The minimum absolute atomic E-state index is 0.457. The molecule has 1 heterocycles. The van der Waals surface area contributed by atoms with Crippen LogP contribution in [0.25, 0.3) is 11.3 Å². The summed E-state index contributed by atoms with van der Waals surface area (Å²) in [5.74, 6) is 0.592. The summed E-state index contributed by atoms with van der Waals surface area (Å²) in [6.07, 6.45) is 0.